The summed E-state index contributed by atoms with van der Waals surface area (Å²) < 4.78 is 0. The van der Waals surface area contributed by atoms with Gasteiger partial charge in [0.2, 0.25) is 0 Å². The highest BCUT2D eigenvalue weighted by molar-refractivity contribution is 5.67. The van der Waals surface area contributed by atoms with Crippen molar-refractivity contribution < 1.29 is 15.3 Å². The van der Waals surface area contributed by atoms with E-state index in [1.165, 1.54) is 0 Å². The van der Waals surface area contributed by atoms with Crippen LogP contribution in [0.5, 0.6) is 0 Å². The maximum atomic E-state index is 10.6. The molecule has 0 bridgehead atoms. The highest BCUT2D eigenvalue weighted by atomic mass is 16.3. The van der Waals surface area contributed by atoms with E-state index in [0.29, 0.717) is 25.9 Å². The van der Waals surface area contributed by atoms with E-state index in [1.807, 2.05) is 30.3 Å². The highest BCUT2D eigenvalue weighted by Crippen LogP contribution is 2.24. The first-order valence-corrected chi connectivity index (χ1v) is 9.03. The summed E-state index contributed by atoms with van der Waals surface area (Å²) in [5, 5.41) is 30.3. The Labute approximate surface area is 149 Å². The lowest BCUT2D eigenvalue weighted by Gasteiger charge is -2.25. The van der Waals surface area contributed by atoms with E-state index >= 15 is 0 Å². The molecule has 3 unspecified atom stereocenters. The first-order chi connectivity index (χ1) is 12.1. The van der Waals surface area contributed by atoms with Crippen molar-refractivity contribution in [2.45, 2.75) is 37.6 Å². The van der Waals surface area contributed by atoms with Crippen LogP contribution in [0.2, 0.25) is 0 Å². The molecule has 1 heterocycles. The summed E-state index contributed by atoms with van der Waals surface area (Å²) in [6, 6.07) is 18.4. The monoisotopic (exact) mass is 341 g/mol. The maximum absolute atomic E-state index is 10.6. The molecule has 0 aliphatic carbocycles. The highest BCUT2D eigenvalue weighted by Gasteiger charge is 2.25. The quantitative estimate of drug-likeness (QED) is 0.779. The van der Waals surface area contributed by atoms with Crippen molar-refractivity contribution in [3.05, 3.63) is 60.2 Å². The van der Waals surface area contributed by atoms with E-state index in [2.05, 4.69) is 29.2 Å². The number of nitrogens with zero attached hydrogens (tertiary/aromatic N) is 1. The SMILES string of the molecule is OC(Cc1ccccc1-c1ccccc1)CN1CCCC(O)C(O)C1. The topological polar surface area (TPSA) is 63.9 Å². The smallest absolute Gasteiger partial charge is 0.0925 e. The average molecular weight is 341 g/mol. The van der Waals surface area contributed by atoms with E-state index in [9.17, 15) is 15.3 Å². The standard InChI is InChI=1S/C21H27NO3/c23-18(14-22-12-6-11-20(24)21(25)15-22)13-17-9-4-5-10-19(17)16-7-2-1-3-8-16/h1-5,7-10,18,20-21,23-25H,6,11-15H2. The van der Waals surface area contributed by atoms with Crippen LogP contribution >= 0.6 is 0 Å². The number of aliphatic hydroxyl groups excluding tert-OH is 3. The van der Waals surface area contributed by atoms with E-state index in [0.717, 1.165) is 29.7 Å². The second kappa shape index (κ2) is 8.59. The summed E-state index contributed by atoms with van der Waals surface area (Å²) in [5.41, 5.74) is 3.42. The lowest BCUT2D eigenvalue weighted by molar-refractivity contribution is 0.00281. The summed E-state index contributed by atoms with van der Waals surface area (Å²) in [6.07, 6.45) is 0.135. The Bertz CT molecular complexity index is 661. The molecule has 0 saturated carbocycles. The fourth-order valence-corrected chi connectivity index (χ4v) is 3.57. The second-order valence-corrected chi connectivity index (χ2v) is 6.92. The van der Waals surface area contributed by atoms with Gasteiger partial charge in [0.25, 0.3) is 0 Å². The molecule has 0 amide bonds. The fraction of sp³-hybridized carbons (Fsp3) is 0.429. The third kappa shape index (κ3) is 4.89. The van der Waals surface area contributed by atoms with Crippen LogP contribution in [0.1, 0.15) is 18.4 Å². The molecule has 1 aliphatic rings. The summed E-state index contributed by atoms with van der Waals surface area (Å²) in [4.78, 5) is 2.05. The van der Waals surface area contributed by atoms with Crippen molar-refractivity contribution >= 4 is 0 Å². The van der Waals surface area contributed by atoms with Gasteiger partial charge in [-0.15, -0.1) is 0 Å². The van der Waals surface area contributed by atoms with Crippen LogP contribution in [-0.4, -0.2) is 58.2 Å². The third-order valence-corrected chi connectivity index (χ3v) is 4.89. The number of aliphatic hydroxyl groups is 3. The van der Waals surface area contributed by atoms with E-state index in [4.69, 9.17) is 0 Å². The number of likely N-dealkylation sites (tertiary alicyclic amines) is 1. The Morgan fingerprint density at radius 3 is 2.48 bits per heavy atom. The summed E-state index contributed by atoms with van der Waals surface area (Å²) >= 11 is 0. The Morgan fingerprint density at radius 2 is 1.68 bits per heavy atom. The Kier molecular flexibility index (Phi) is 6.21. The summed E-state index contributed by atoms with van der Waals surface area (Å²) in [7, 11) is 0. The molecule has 3 rings (SSSR count). The second-order valence-electron chi connectivity index (χ2n) is 6.92. The molecule has 0 aromatic heterocycles. The molecule has 1 saturated heterocycles. The maximum Gasteiger partial charge on any atom is 0.0925 e. The van der Waals surface area contributed by atoms with Gasteiger partial charge < -0.3 is 15.3 Å². The van der Waals surface area contributed by atoms with Gasteiger partial charge in [-0.05, 0) is 36.1 Å². The number of hydrogen-bond acceptors (Lipinski definition) is 4. The van der Waals surface area contributed by atoms with Crippen LogP contribution in [0.4, 0.5) is 0 Å². The van der Waals surface area contributed by atoms with Crippen molar-refractivity contribution in [2.24, 2.45) is 0 Å². The van der Waals surface area contributed by atoms with E-state index in [1.54, 1.807) is 0 Å². The van der Waals surface area contributed by atoms with Crippen molar-refractivity contribution in [2.75, 3.05) is 19.6 Å². The van der Waals surface area contributed by atoms with Gasteiger partial charge in [0.1, 0.15) is 0 Å². The minimum Gasteiger partial charge on any atom is -0.391 e. The lowest BCUT2D eigenvalue weighted by Crippen LogP contribution is -2.40. The van der Waals surface area contributed by atoms with Gasteiger partial charge in [0.15, 0.2) is 0 Å². The van der Waals surface area contributed by atoms with Gasteiger partial charge in [-0.25, -0.2) is 0 Å². The molecule has 1 fully saturated rings. The zero-order valence-corrected chi connectivity index (χ0v) is 14.5. The zero-order valence-electron chi connectivity index (χ0n) is 14.5. The van der Waals surface area contributed by atoms with E-state index in [-0.39, 0.29) is 0 Å². The first-order valence-electron chi connectivity index (χ1n) is 9.03. The predicted octanol–water partition coefficient (Wildman–Crippen LogP) is 2.07. The van der Waals surface area contributed by atoms with Crippen LogP contribution in [-0.2, 0) is 6.42 Å². The molecule has 1 aliphatic heterocycles. The van der Waals surface area contributed by atoms with E-state index < -0.39 is 18.3 Å². The molecule has 0 radical (unpaired) electrons. The van der Waals surface area contributed by atoms with Gasteiger partial charge in [-0.2, -0.15) is 0 Å². The van der Waals surface area contributed by atoms with Gasteiger partial charge in [-0.3, -0.25) is 4.90 Å². The Balaban J connectivity index is 1.66. The fourth-order valence-electron chi connectivity index (χ4n) is 3.57. The molecule has 2 aromatic carbocycles. The molecule has 4 nitrogen and oxygen atoms in total. The molecule has 4 heteroatoms. The average Bonchev–Trinajstić information content (AvgIpc) is 2.77. The summed E-state index contributed by atoms with van der Waals surface area (Å²) in [5.74, 6) is 0. The lowest BCUT2D eigenvalue weighted by atomic mass is 9.96. The van der Waals surface area contributed by atoms with Crippen molar-refractivity contribution in [3.63, 3.8) is 0 Å². The molecule has 3 atom stereocenters. The molecular formula is C21H27NO3. The van der Waals surface area contributed by atoms with Gasteiger partial charge >= 0.3 is 0 Å². The molecular weight excluding hydrogens is 314 g/mol. The van der Waals surface area contributed by atoms with Crippen molar-refractivity contribution in [1.29, 1.82) is 0 Å². The first kappa shape index (κ1) is 18.1. The number of β-amino-alcohol motifs (C(OH)–C–C–N with tert-alkyl or cyclic N) is 2. The molecule has 0 spiro atoms. The number of rotatable bonds is 5. The molecule has 25 heavy (non-hydrogen) atoms. The molecule has 2 aromatic rings. The minimum absolute atomic E-state index is 0.415. The largest absolute Gasteiger partial charge is 0.391 e. The minimum atomic E-state index is -0.730. The Hall–Kier alpha value is -1.72. The normalized spacial score (nSPS) is 23.2. The van der Waals surface area contributed by atoms with Gasteiger partial charge in [0.05, 0.1) is 18.3 Å². The van der Waals surface area contributed by atoms with Crippen molar-refractivity contribution in [3.8, 4) is 11.1 Å². The van der Waals surface area contributed by atoms with Crippen LogP contribution in [0.25, 0.3) is 11.1 Å². The zero-order chi connectivity index (χ0) is 17.6. The van der Waals surface area contributed by atoms with Crippen LogP contribution in [0, 0.1) is 0 Å². The predicted molar refractivity (Wildman–Crippen MR) is 99.3 cm³/mol. The molecule has 134 valence electrons. The van der Waals surface area contributed by atoms with Gasteiger partial charge in [0, 0.05) is 19.5 Å². The number of benzene rings is 2. The van der Waals surface area contributed by atoms with Gasteiger partial charge in [-0.1, -0.05) is 54.6 Å². The van der Waals surface area contributed by atoms with Crippen LogP contribution < -0.4 is 0 Å². The van der Waals surface area contributed by atoms with Crippen LogP contribution in [0.3, 0.4) is 0 Å². The van der Waals surface area contributed by atoms with Crippen LogP contribution in [0.15, 0.2) is 54.6 Å². The Morgan fingerprint density at radius 1 is 0.960 bits per heavy atom. The van der Waals surface area contributed by atoms with Crippen molar-refractivity contribution in [1.82, 2.24) is 4.90 Å². The molecule has 3 N–H and O–H groups in total. The third-order valence-electron chi connectivity index (χ3n) is 4.89. The summed E-state index contributed by atoms with van der Waals surface area (Å²) in [6.45, 7) is 1.72. The number of hydrogen-bond donors (Lipinski definition) is 3.